The van der Waals surface area contributed by atoms with Gasteiger partial charge in [-0.2, -0.15) is 0 Å². The van der Waals surface area contributed by atoms with Crippen molar-refractivity contribution < 1.29 is 9.53 Å². The Bertz CT molecular complexity index is 428. The van der Waals surface area contributed by atoms with E-state index < -0.39 is 0 Å². The van der Waals surface area contributed by atoms with Crippen LogP contribution in [0.15, 0.2) is 12.4 Å². The van der Waals surface area contributed by atoms with Crippen LogP contribution in [0.4, 0.5) is 4.79 Å². The molecule has 0 aromatic carbocycles. The van der Waals surface area contributed by atoms with Crippen molar-refractivity contribution in [2.24, 2.45) is 0 Å². The molecular formula is C14H23N3O2. The number of piperidine rings is 1. The molecule has 0 saturated carbocycles. The molecular weight excluding hydrogens is 242 g/mol. The van der Waals surface area contributed by atoms with Gasteiger partial charge in [0.2, 0.25) is 0 Å². The Morgan fingerprint density at radius 3 is 3.05 bits per heavy atom. The van der Waals surface area contributed by atoms with Crippen LogP contribution in [0.25, 0.3) is 0 Å². The first-order chi connectivity index (χ1) is 9.11. The van der Waals surface area contributed by atoms with E-state index in [1.807, 2.05) is 31.1 Å². The van der Waals surface area contributed by atoms with Crippen LogP contribution in [0, 0.1) is 0 Å². The van der Waals surface area contributed by atoms with Crippen LogP contribution < -0.4 is 0 Å². The Kier molecular flexibility index (Phi) is 4.45. The lowest BCUT2D eigenvalue weighted by molar-refractivity contribution is 0.0675. The zero-order valence-corrected chi connectivity index (χ0v) is 12.0. The van der Waals surface area contributed by atoms with Crippen molar-refractivity contribution in [1.29, 1.82) is 0 Å². The zero-order chi connectivity index (χ0) is 13.8. The molecule has 1 aliphatic rings. The standard InChI is InChI=1S/C14H23N3O2/c1-4-16-9-7-15-13(16)12-6-5-8-17(10-12)14(18)19-11(2)3/h7,9,11-12H,4-6,8,10H2,1-3H3/t12-/m1/s1. The highest BCUT2D eigenvalue weighted by Gasteiger charge is 2.28. The van der Waals surface area contributed by atoms with Gasteiger partial charge in [0, 0.05) is 37.9 Å². The number of aromatic nitrogens is 2. The molecule has 2 rings (SSSR count). The summed E-state index contributed by atoms with van der Waals surface area (Å²) in [5.41, 5.74) is 0. The van der Waals surface area contributed by atoms with Gasteiger partial charge in [-0.05, 0) is 33.6 Å². The van der Waals surface area contributed by atoms with Crippen molar-refractivity contribution in [3.05, 3.63) is 18.2 Å². The predicted octanol–water partition coefficient (Wildman–Crippen LogP) is 2.63. The van der Waals surface area contributed by atoms with Gasteiger partial charge in [-0.25, -0.2) is 9.78 Å². The first-order valence-electron chi connectivity index (χ1n) is 7.08. The number of nitrogens with zero attached hydrogens (tertiary/aromatic N) is 3. The molecule has 0 bridgehead atoms. The van der Waals surface area contributed by atoms with E-state index in [1.165, 1.54) is 0 Å². The molecule has 19 heavy (non-hydrogen) atoms. The van der Waals surface area contributed by atoms with E-state index in [0.717, 1.165) is 31.8 Å². The van der Waals surface area contributed by atoms with Crippen molar-refractivity contribution in [1.82, 2.24) is 14.5 Å². The number of ether oxygens (including phenoxy) is 1. The second kappa shape index (κ2) is 6.08. The van der Waals surface area contributed by atoms with E-state index in [1.54, 1.807) is 0 Å². The quantitative estimate of drug-likeness (QED) is 0.844. The Balaban J connectivity index is 2.03. The summed E-state index contributed by atoms with van der Waals surface area (Å²) in [5.74, 6) is 1.41. The van der Waals surface area contributed by atoms with Crippen LogP contribution in [0.1, 0.15) is 45.4 Å². The van der Waals surface area contributed by atoms with E-state index in [0.29, 0.717) is 12.5 Å². The van der Waals surface area contributed by atoms with E-state index >= 15 is 0 Å². The number of amides is 1. The molecule has 0 spiro atoms. The van der Waals surface area contributed by atoms with Crippen molar-refractivity contribution >= 4 is 6.09 Å². The summed E-state index contributed by atoms with van der Waals surface area (Å²) in [4.78, 5) is 18.2. The Labute approximate surface area is 114 Å². The minimum absolute atomic E-state index is 0.0643. The largest absolute Gasteiger partial charge is 0.447 e. The summed E-state index contributed by atoms with van der Waals surface area (Å²) in [5, 5.41) is 0. The first-order valence-corrected chi connectivity index (χ1v) is 7.08. The molecule has 1 saturated heterocycles. The number of imidazole rings is 1. The highest BCUT2D eigenvalue weighted by molar-refractivity contribution is 5.68. The number of hydrogen-bond acceptors (Lipinski definition) is 3. The minimum atomic E-state index is -0.200. The number of likely N-dealkylation sites (tertiary alicyclic amines) is 1. The molecule has 0 N–H and O–H groups in total. The molecule has 0 aliphatic carbocycles. The van der Waals surface area contributed by atoms with Gasteiger partial charge in [0.1, 0.15) is 5.82 Å². The van der Waals surface area contributed by atoms with Crippen LogP contribution in [-0.2, 0) is 11.3 Å². The zero-order valence-electron chi connectivity index (χ0n) is 12.0. The van der Waals surface area contributed by atoms with Gasteiger partial charge in [-0.1, -0.05) is 0 Å². The number of hydrogen-bond donors (Lipinski definition) is 0. The lowest BCUT2D eigenvalue weighted by Gasteiger charge is -2.32. The van der Waals surface area contributed by atoms with Crippen LogP contribution in [-0.4, -0.2) is 39.7 Å². The Morgan fingerprint density at radius 1 is 1.58 bits per heavy atom. The highest BCUT2D eigenvalue weighted by atomic mass is 16.6. The monoisotopic (exact) mass is 265 g/mol. The van der Waals surface area contributed by atoms with Crippen LogP contribution in [0.3, 0.4) is 0 Å². The Morgan fingerprint density at radius 2 is 2.37 bits per heavy atom. The number of rotatable bonds is 3. The fourth-order valence-electron chi connectivity index (χ4n) is 2.58. The smallest absolute Gasteiger partial charge is 0.410 e. The second-order valence-corrected chi connectivity index (χ2v) is 5.29. The van der Waals surface area contributed by atoms with E-state index in [4.69, 9.17) is 4.74 Å². The number of carbonyl (C=O) groups is 1. The van der Waals surface area contributed by atoms with Crippen LogP contribution in [0.5, 0.6) is 0 Å². The van der Waals surface area contributed by atoms with Gasteiger partial charge in [-0.15, -0.1) is 0 Å². The summed E-state index contributed by atoms with van der Waals surface area (Å²) < 4.78 is 7.43. The second-order valence-electron chi connectivity index (χ2n) is 5.29. The average molecular weight is 265 g/mol. The summed E-state index contributed by atoms with van der Waals surface area (Å²) in [6.45, 7) is 8.28. The average Bonchev–Trinajstić information content (AvgIpc) is 2.86. The molecule has 1 atom stereocenters. The Hall–Kier alpha value is -1.52. The maximum Gasteiger partial charge on any atom is 0.410 e. The predicted molar refractivity (Wildman–Crippen MR) is 73.1 cm³/mol. The van der Waals surface area contributed by atoms with Gasteiger partial charge < -0.3 is 14.2 Å². The van der Waals surface area contributed by atoms with Gasteiger partial charge in [0.15, 0.2) is 0 Å². The van der Waals surface area contributed by atoms with Crippen molar-refractivity contribution in [2.45, 2.75) is 52.2 Å². The third-order valence-corrected chi connectivity index (χ3v) is 3.47. The first kappa shape index (κ1) is 13.9. The summed E-state index contributed by atoms with van der Waals surface area (Å²) >= 11 is 0. The van der Waals surface area contributed by atoms with E-state index in [9.17, 15) is 4.79 Å². The summed E-state index contributed by atoms with van der Waals surface area (Å²) in [7, 11) is 0. The SMILES string of the molecule is CCn1ccnc1[C@@H]1CCCN(C(=O)OC(C)C)C1. The van der Waals surface area contributed by atoms with Crippen molar-refractivity contribution in [2.75, 3.05) is 13.1 Å². The lowest BCUT2D eigenvalue weighted by Crippen LogP contribution is -2.40. The van der Waals surface area contributed by atoms with Crippen LogP contribution in [0.2, 0.25) is 0 Å². The molecule has 1 aromatic heterocycles. The number of carbonyl (C=O) groups excluding carboxylic acids is 1. The molecule has 106 valence electrons. The molecule has 1 amide bonds. The molecule has 1 aliphatic heterocycles. The van der Waals surface area contributed by atoms with Gasteiger partial charge >= 0.3 is 6.09 Å². The van der Waals surface area contributed by atoms with Gasteiger partial charge in [-0.3, -0.25) is 0 Å². The number of aryl methyl sites for hydroxylation is 1. The molecule has 5 nitrogen and oxygen atoms in total. The van der Waals surface area contributed by atoms with Crippen LogP contribution >= 0.6 is 0 Å². The fraction of sp³-hybridized carbons (Fsp3) is 0.714. The third-order valence-electron chi connectivity index (χ3n) is 3.47. The highest BCUT2D eigenvalue weighted by Crippen LogP contribution is 2.26. The maximum absolute atomic E-state index is 12.0. The van der Waals surface area contributed by atoms with E-state index in [2.05, 4.69) is 16.5 Å². The molecule has 1 aromatic rings. The molecule has 1 fully saturated rings. The normalized spacial score (nSPS) is 19.8. The lowest BCUT2D eigenvalue weighted by atomic mass is 9.97. The molecule has 0 radical (unpaired) electrons. The van der Waals surface area contributed by atoms with Gasteiger partial charge in [0.25, 0.3) is 0 Å². The topological polar surface area (TPSA) is 47.4 Å². The summed E-state index contributed by atoms with van der Waals surface area (Å²) in [6, 6.07) is 0. The van der Waals surface area contributed by atoms with Crippen molar-refractivity contribution in [3.63, 3.8) is 0 Å². The van der Waals surface area contributed by atoms with E-state index in [-0.39, 0.29) is 12.2 Å². The molecule has 2 heterocycles. The minimum Gasteiger partial charge on any atom is -0.447 e. The fourth-order valence-corrected chi connectivity index (χ4v) is 2.58. The molecule has 5 heteroatoms. The third kappa shape index (κ3) is 3.28. The van der Waals surface area contributed by atoms with Crippen molar-refractivity contribution in [3.8, 4) is 0 Å². The molecule has 0 unspecified atom stereocenters. The van der Waals surface area contributed by atoms with Gasteiger partial charge in [0.05, 0.1) is 6.10 Å². The summed E-state index contributed by atoms with van der Waals surface area (Å²) in [6.07, 6.45) is 5.67. The maximum atomic E-state index is 12.0.